The number of benzene rings is 1. The van der Waals surface area contributed by atoms with Gasteiger partial charge in [0.25, 0.3) is 0 Å². The smallest absolute Gasteiger partial charge is 0.399 e. The molecule has 5 nitrogen and oxygen atoms in total. The van der Waals surface area contributed by atoms with Crippen LogP contribution >= 0.6 is 0 Å². The molecule has 1 saturated carbocycles. The number of hydrogen-bond donors (Lipinski definition) is 0. The van der Waals surface area contributed by atoms with Crippen molar-refractivity contribution in [2.45, 2.75) is 89.0 Å². The third kappa shape index (κ3) is 2.68. The summed E-state index contributed by atoms with van der Waals surface area (Å²) in [6.07, 6.45) is 6.75. The highest BCUT2D eigenvalue weighted by Gasteiger charge is 2.52. The van der Waals surface area contributed by atoms with Crippen molar-refractivity contribution < 1.29 is 9.31 Å². The Morgan fingerprint density at radius 1 is 0.966 bits per heavy atom. The van der Waals surface area contributed by atoms with E-state index in [0.717, 1.165) is 17.0 Å². The van der Waals surface area contributed by atoms with Crippen molar-refractivity contribution in [3.05, 3.63) is 24.0 Å². The van der Waals surface area contributed by atoms with Crippen molar-refractivity contribution in [1.29, 1.82) is 0 Å². The van der Waals surface area contributed by atoms with E-state index < -0.39 is 0 Å². The van der Waals surface area contributed by atoms with Gasteiger partial charge in [0.15, 0.2) is 0 Å². The van der Waals surface area contributed by atoms with Gasteiger partial charge >= 0.3 is 7.12 Å². The standard InChI is InChI=1S/C23H32BN3O2/c1-22(2)23(3,4)29-24(28-22)16-9-11-20-19(12-16)25-21-15-8-10-18(27(20)21)14-26(13-15)17-6-5-7-17/h9,11-12,15,17-18H,5-8,10,13-14H2,1-4H3. The van der Waals surface area contributed by atoms with E-state index in [1.807, 2.05) is 0 Å². The maximum absolute atomic E-state index is 6.27. The van der Waals surface area contributed by atoms with E-state index in [-0.39, 0.29) is 18.3 Å². The van der Waals surface area contributed by atoms with E-state index in [9.17, 15) is 0 Å². The predicted molar refractivity (Wildman–Crippen MR) is 116 cm³/mol. The molecule has 2 bridgehead atoms. The summed E-state index contributed by atoms with van der Waals surface area (Å²) in [7, 11) is -0.322. The lowest BCUT2D eigenvalue weighted by Gasteiger charge is -2.37. The van der Waals surface area contributed by atoms with Gasteiger partial charge in [-0.1, -0.05) is 12.5 Å². The largest absolute Gasteiger partial charge is 0.494 e. The van der Waals surface area contributed by atoms with Crippen LogP contribution in [0, 0.1) is 0 Å². The molecule has 154 valence electrons. The van der Waals surface area contributed by atoms with Crippen LogP contribution in [0.1, 0.15) is 77.6 Å². The first-order chi connectivity index (χ1) is 13.8. The fourth-order valence-corrected chi connectivity index (χ4v) is 5.61. The Kier molecular flexibility index (Phi) is 3.86. The van der Waals surface area contributed by atoms with E-state index >= 15 is 0 Å². The molecule has 2 saturated heterocycles. The molecule has 0 N–H and O–H groups in total. The Balaban J connectivity index is 1.35. The summed E-state index contributed by atoms with van der Waals surface area (Å²) in [5.74, 6) is 1.88. The molecule has 0 spiro atoms. The molecular weight excluding hydrogens is 361 g/mol. The minimum atomic E-state index is -0.322. The van der Waals surface area contributed by atoms with E-state index in [4.69, 9.17) is 14.3 Å². The summed E-state index contributed by atoms with van der Waals surface area (Å²) in [6.45, 7) is 10.8. The zero-order valence-corrected chi connectivity index (χ0v) is 18.1. The molecule has 5 aliphatic rings. The highest BCUT2D eigenvalue weighted by atomic mass is 16.7. The van der Waals surface area contributed by atoms with Crippen LogP contribution in [0.5, 0.6) is 0 Å². The van der Waals surface area contributed by atoms with Crippen LogP contribution in [-0.2, 0) is 9.31 Å². The summed E-state index contributed by atoms with van der Waals surface area (Å²) in [6, 6.07) is 8.02. The molecule has 0 radical (unpaired) electrons. The number of nitrogens with zero attached hydrogens (tertiary/aromatic N) is 3. The van der Waals surface area contributed by atoms with E-state index in [1.54, 1.807) is 0 Å². The van der Waals surface area contributed by atoms with Gasteiger partial charge in [0.2, 0.25) is 0 Å². The second kappa shape index (κ2) is 6.08. The van der Waals surface area contributed by atoms with Gasteiger partial charge in [-0.15, -0.1) is 0 Å². The highest BCUT2D eigenvalue weighted by molar-refractivity contribution is 6.62. The van der Waals surface area contributed by atoms with Gasteiger partial charge in [-0.2, -0.15) is 0 Å². The number of imidazole rings is 1. The summed E-state index contributed by atoms with van der Waals surface area (Å²) >= 11 is 0. The lowest BCUT2D eigenvalue weighted by Crippen LogP contribution is -2.42. The van der Waals surface area contributed by atoms with Gasteiger partial charge in [-0.3, -0.25) is 4.90 Å². The minimum absolute atomic E-state index is 0.317. The fraction of sp³-hybridized carbons (Fsp3) is 0.696. The molecule has 0 amide bonds. The molecular formula is C23H32BN3O2. The second-order valence-electron chi connectivity index (χ2n) is 10.6. The third-order valence-electron chi connectivity index (χ3n) is 8.34. The van der Waals surface area contributed by atoms with Crippen LogP contribution < -0.4 is 5.46 Å². The van der Waals surface area contributed by atoms with E-state index in [1.165, 1.54) is 56.5 Å². The molecule has 1 aromatic heterocycles. The van der Waals surface area contributed by atoms with Crippen LogP contribution in [-0.4, -0.2) is 51.9 Å². The average Bonchev–Trinajstić information content (AvgIpc) is 2.94. The summed E-state index contributed by atoms with van der Waals surface area (Å²) < 4.78 is 15.1. The predicted octanol–water partition coefficient (Wildman–Crippen LogP) is 3.62. The Bertz CT molecular complexity index is 948. The monoisotopic (exact) mass is 393 g/mol. The number of aromatic nitrogens is 2. The Labute approximate surface area is 173 Å². The molecule has 1 aromatic carbocycles. The van der Waals surface area contributed by atoms with Crippen LogP contribution in [0.3, 0.4) is 0 Å². The summed E-state index contributed by atoms with van der Waals surface area (Å²) in [4.78, 5) is 7.93. The zero-order chi connectivity index (χ0) is 20.0. The van der Waals surface area contributed by atoms with Crippen molar-refractivity contribution in [2.24, 2.45) is 0 Å². The van der Waals surface area contributed by atoms with Gasteiger partial charge in [-0.05, 0) is 71.0 Å². The topological polar surface area (TPSA) is 39.5 Å². The minimum Gasteiger partial charge on any atom is -0.399 e. The van der Waals surface area contributed by atoms with Gasteiger partial charge in [0, 0.05) is 31.1 Å². The molecule has 3 fully saturated rings. The molecule has 2 atom stereocenters. The van der Waals surface area contributed by atoms with Crippen LogP contribution in [0.2, 0.25) is 0 Å². The Hall–Kier alpha value is -1.37. The van der Waals surface area contributed by atoms with Crippen molar-refractivity contribution in [2.75, 3.05) is 13.1 Å². The Morgan fingerprint density at radius 3 is 2.41 bits per heavy atom. The van der Waals surface area contributed by atoms with Gasteiger partial charge in [0.05, 0.1) is 22.2 Å². The van der Waals surface area contributed by atoms with E-state index in [2.05, 4.69) is 55.4 Å². The quantitative estimate of drug-likeness (QED) is 0.731. The normalized spacial score (nSPS) is 31.1. The molecule has 29 heavy (non-hydrogen) atoms. The van der Waals surface area contributed by atoms with Crippen LogP contribution in [0.4, 0.5) is 0 Å². The maximum Gasteiger partial charge on any atom is 0.494 e. The maximum atomic E-state index is 6.27. The third-order valence-corrected chi connectivity index (χ3v) is 8.34. The molecule has 6 heteroatoms. The molecule has 2 aromatic rings. The molecule has 2 unspecified atom stereocenters. The fourth-order valence-electron chi connectivity index (χ4n) is 5.61. The summed E-state index contributed by atoms with van der Waals surface area (Å²) in [5.41, 5.74) is 2.82. The van der Waals surface area contributed by atoms with Crippen molar-refractivity contribution >= 4 is 23.6 Å². The molecule has 4 aliphatic heterocycles. The lowest BCUT2D eigenvalue weighted by molar-refractivity contribution is 0.00578. The highest BCUT2D eigenvalue weighted by Crippen LogP contribution is 2.43. The van der Waals surface area contributed by atoms with E-state index in [0.29, 0.717) is 12.0 Å². The first-order valence-corrected chi connectivity index (χ1v) is 11.4. The van der Waals surface area contributed by atoms with Gasteiger partial charge in [0.1, 0.15) is 5.82 Å². The van der Waals surface area contributed by atoms with Crippen molar-refractivity contribution in [3.63, 3.8) is 0 Å². The number of rotatable bonds is 2. The van der Waals surface area contributed by atoms with Crippen LogP contribution in [0.25, 0.3) is 11.0 Å². The van der Waals surface area contributed by atoms with Crippen molar-refractivity contribution in [1.82, 2.24) is 14.5 Å². The van der Waals surface area contributed by atoms with Crippen LogP contribution in [0.15, 0.2) is 18.2 Å². The number of hydrogen-bond acceptors (Lipinski definition) is 4. The van der Waals surface area contributed by atoms with Gasteiger partial charge < -0.3 is 13.9 Å². The molecule has 7 rings (SSSR count). The number of fused-ring (bicyclic) bond motifs is 4. The molecule has 5 heterocycles. The van der Waals surface area contributed by atoms with Crippen molar-refractivity contribution in [3.8, 4) is 0 Å². The van der Waals surface area contributed by atoms with Gasteiger partial charge in [-0.25, -0.2) is 4.98 Å². The zero-order valence-electron chi connectivity index (χ0n) is 18.1. The Morgan fingerprint density at radius 2 is 1.72 bits per heavy atom. The lowest BCUT2D eigenvalue weighted by atomic mass is 9.79. The average molecular weight is 393 g/mol. The second-order valence-corrected chi connectivity index (χ2v) is 10.6. The molecule has 1 aliphatic carbocycles. The first kappa shape index (κ1) is 18.4. The SMILES string of the molecule is CC1(C)OB(c2ccc3c(c2)nc2n3C3CCC2CN(C2CCC2)C3)OC1(C)C. The summed E-state index contributed by atoms with van der Waals surface area (Å²) in [5, 5.41) is 0. The first-order valence-electron chi connectivity index (χ1n) is 11.4.